The first-order chi connectivity index (χ1) is 3.89. The van der Waals surface area contributed by atoms with Crippen LogP contribution in [0.3, 0.4) is 0 Å². The average Bonchev–Trinajstić information content (AvgIpc) is 1.65. The first-order valence-corrected chi connectivity index (χ1v) is 3.64. The minimum atomic E-state index is -0.250. The molecule has 0 saturated heterocycles. The second-order valence-corrected chi connectivity index (χ2v) is 3.59. The maximum absolute atomic E-state index is 7.84. The first kappa shape index (κ1) is 13.2. The normalized spacial score (nSPS) is 12.0. The Balaban J connectivity index is 0. The van der Waals surface area contributed by atoms with Crippen molar-refractivity contribution in [3.05, 3.63) is 5.73 Å². The second-order valence-electron chi connectivity index (χ2n) is 3.59. The maximum Gasteiger partial charge on any atom is 1.00 e. The van der Waals surface area contributed by atoms with Crippen molar-refractivity contribution in [2.24, 2.45) is 11.8 Å². The molecular weight excluding hydrogens is 117 g/mol. The molecule has 0 aromatic heterocycles. The number of nitrogens with one attached hydrogen (secondary N) is 1. The fourth-order valence-electron chi connectivity index (χ4n) is 0.667. The molecule has 1 N–H and O–H groups in total. The molecule has 0 atom stereocenters. The Bertz CT molecular complexity index is 77.3. The van der Waals surface area contributed by atoms with Crippen LogP contribution in [-0.4, -0.2) is 5.54 Å². The predicted molar refractivity (Wildman–Crippen MR) is 42.4 cm³/mol. The fourth-order valence-corrected chi connectivity index (χ4v) is 0.667. The topological polar surface area (TPSA) is 23.8 Å². The van der Waals surface area contributed by atoms with E-state index in [-0.39, 0.29) is 24.4 Å². The molecular formula is C8H18LiN. The summed E-state index contributed by atoms with van der Waals surface area (Å²) in [5.74, 6) is 0.912. The molecule has 0 spiro atoms. The smallest absolute Gasteiger partial charge is 0.672 e. The molecule has 0 aromatic rings. The van der Waals surface area contributed by atoms with Crippen LogP contribution in [0.5, 0.6) is 0 Å². The van der Waals surface area contributed by atoms with E-state index in [1.165, 1.54) is 0 Å². The van der Waals surface area contributed by atoms with Gasteiger partial charge < -0.3 is 5.73 Å². The Morgan fingerprint density at radius 3 is 1.20 bits per heavy atom. The van der Waals surface area contributed by atoms with Crippen molar-refractivity contribution in [1.82, 2.24) is 0 Å². The zero-order valence-corrected chi connectivity index (χ0v) is 8.15. The zero-order valence-electron chi connectivity index (χ0n) is 8.15. The van der Waals surface area contributed by atoms with Crippen LogP contribution in [-0.2, 0) is 0 Å². The van der Waals surface area contributed by atoms with Crippen LogP contribution in [0.15, 0.2) is 0 Å². The summed E-state index contributed by atoms with van der Waals surface area (Å²) in [6.45, 7) is 10.4. The molecule has 0 aliphatic rings. The van der Waals surface area contributed by atoms with Crippen molar-refractivity contribution in [2.45, 2.75) is 40.2 Å². The van der Waals surface area contributed by atoms with Gasteiger partial charge in [0.25, 0.3) is 0 Å². The predicted octanol–water partition coefficient (Wildman–Crippen LogP) is 0.113. The molecule has 0 amide bonds. The third kappa shape index (κ3) is 3.10. The third-order valence-electron chi connectivity index (χ3n) is 2.40. The molecule has 0 saturated carbocycles. The Labute approximate surface area is 76.9 Å². The summed E-state index contributed by atoms with van der Waals surface area (Å²) in [4.78, 5) is 0. The van der Waals surface area contributed by atoms with Crippen molar-refractivity contribution in [3.63, 3.8) is 0 Å². The molecule has 0 bridgehead atoms. The van der Waals surface area contributed by atoms with Gasteiger partial charge in [0.05, 0.1) is 0 Å². The molecule has 0 rings (SSSR count). The molecule has 0 aliphatic heterocycles. The van der Waals surface area contributed by atoms with E-state index in [2.05, 4.69) is 27.7 Å². The van der Waals surface area contributed by atoms with Gasteiger partial charge in [-0.15, -0.1) is 5.54 Å². The van der Waals surface area contributed by atoms with Crippen molar-refractivity contribution in [3.8, 4) is 0 Å². The van der Waals surface area contributed by atoms with Crippen molar-refractivity contribution >= 4 is 0 Å². The van der Waals surface area contributed by atoms with Crippen molar-refractivity contribution in [1.29, 1.82) is 0 Å². The fraction of sp³-hybridized carbons (Fsp3) is 1.00. The van der Waals surface area contributed by atoms with Crippen LogP contribution in [0.4, 0.5) is 0 Å². The molecule has 0 unspecified atom stereocenters. The average molecular weight is 135 g/mol. The minimum absolute atomic E-state index is 0. The van der Waals surface area contributed by atoms with E-state index in [9.17, 15) is 0 Å². The summed E-state index contributed by atoms with van der Waals surface area (Å²) in [7, 11) is 0. The van der Waals surface area contributed by atoms with Gasteiger partial charge >= 0.3 is 18.9 Å². The summed E-state index contributed by atoms with van der Waals surface area (Å²) >= 11 is 0. The molecule has 0 radical (unpaired) electrons. The van der Waals surface area contributed by atoms with Gasteiger partial charge in [-0.05, 0) is 0 Å². The molecule has 0 fully saturated rings. The Morgan fingerprint density at radius 2 is 1.20 bits per heavy atom. The van der Waals surface area contributed by atoms with Gasteiger partial charge in [-0.1, -0.05) is 46.5 Å². The van der Waals surface area contributed by atoms with E-state index in [1.807, 2.05) is 6.92 Å². The van der Waals surface area contributed by atoms with E-state index in [4.69, 9.17) is 5.73 Å². The van der Waals surface area contributed by atoms with Gasteiger partial charge in [-0.3, -0.25) is 0 Å². The van der Waals surface area contributed by atoms with Gasteiger partial charge in [0.15, 0.2) is 0 Å². The van der Waals surface area contributed by atoms with Crippen molar-refractivity contribution in [2.75, 3.05) is 0 Å². The summed E-state index contributed by atoms with van der Waals surface area (Å²) < 4.78 is 0. The van der Waals surface area contributed by atoms with Crippen LogP contribution in [0.1, 0.15) is 34.6 Å². The van der Waals surface area contributed by atoms with Gasteiger partial charge in [-0.2, -0.15) is 0 Å². The number of hydrogen-bond acceptors (Lipinski definition) is 0. The van der Waals surface area contributed by atoms with Crippen LogP contribution in [0, 0.1) is 11.8 Å². The number of hydrogen-bond donors (Lipinski definition) is 0. The van der Waals surface area contributed by atoms with Gasteiger partial charge in [0, 0.05) is 0 Å². The van der Waals surface area contributed by atoms with Gasteiger partial charge in [0.1, 0.15) is 0 Å². The van der Waals surface area contributed by atoms with E-state index < -0.39 is 0 Å². The van der Waals surface area contributed by atoms with Gasteiger partial charge in [0.2, 0.25) is 0 Å². The standard InChI is InChI=1S/C8H18N.Li/c1-6(2)8(5,9)7(3)4;/h6-7,9H,1-5H3;/q-1;+1. The first-order valence-electron chi connectivity index (χ1n) is 3.64. The van der Waals surface area contributed by atoms with Crippen LogP contribution in [0.25, 0.3) is 5.73 Å². The zero-order chi connectivity index (χ0) is 7.65. The molecule has 56 valence electrons. The quantitative estimate of drug-likeness (QED) is 0.480. The summed E-state index contributed by atoms with van der Waals surface area (Å²) in [5, 5.41) is 0. The van der Waals surface area contributed by atoms with Crippen LogP contribution in [0.2, 0.25) is 0 Å². The van der Waals surface area contributed by atoms with E-state index >= 15 is 0 Å². The van der Waals surface area contributed by atoms with Gasteiger partial charge in [-0.25, -0.2) is 0 Å². The molecule has 10 heavy (non-hydrogen) atoms. The van der Waals surface area contributed by atoms with Crippen LogP contribution < -0.4 is 18.9 Å². The monoisotopic (exact) mass is 135 g/mol. The summed E-state index contributed by atoms with van der Waals surface area (Å²) in [6, 6.07) is 0. The summed E-state index contributed by atoms with van der Waals surface area (Å²) in [6.07, 6.45) is 0. The molecule has 0 heterocycles. The van der Waals surface area contributed by atoms with Crippen LogP contribution >= 0.6 is 0 Å². The number of rotatable bonds is 2. The minimum Gasteiger partial charge on any atom is -0.672 e. The Hall–Kier alpha value is 0.557. The molecule has 1 nitrogen and oxygen atoms in total. The maximum atomic E-state index is 7.84. The Morgan fingerprint density at radius 1 is 1.00 bits per heavy atom. The molecule has 0 aromatic carbocycles. The second kappa shape index (κ2) is 4.44. The van der Waals surface area contributed by atoms with E-state index in [1.54, 1.807) is 0 Å². The SMILES string of the molecule is CC(C)C(C)([NH-])C(C)C.[Li+]. The third-order valence-corrected chi connectivity index (χ3v) is 2.40. The summed E-state index contributed by atoms with van der Waals surface area (Å²) in [5.41, 5.74) is 7.59. The van der Waals surface area contributed by atoms with Crippen molar-refractivity contribution < 1.29 is 18.9 Å². The molecule has 2 heteroatoms. The molecule has 0 aliphatic carbocycles. The van der Waals surface area contributed by atoms with E-state index in [0.717, 1.165) is 0 Å². The largest absolute Gasteiger partial charge is 1.00 e. The Kier molecular flexibility index (Phi) is 5.84. The van der Waals surface area contributed by atoms with E-state index in [0.29, 0.717) is 11.8 Å².